The van der Waals surface area contributed by atoms with Crippen molar-refractivity contribution < 1.29 is 4.79 Å². The number of amides is 1. The molecule has 3 nitrogen and oxygen atoms in total. The highest BCUT2D eigenvalue weighted by Gasteiger charge is 2.20. The van der Waals surface area contributed by atoms with Crippen LogP contribution >= 0.6 is 33.9 Å². The Bertz CT molecular complexity index is 401. The third-order valence-corrected chi connectivity index (χ3v) is 5.13. The lowest BCUT2D eigenvalue weighted by Crippen LogP contribution is -2.45. The highest BCUT2D eigenvalue weighted by molar-refractivity contribution is 14.1. The zero-order valence-electron chi connectivity index (χ0n) is 10.6. The number of thiophene rings is 1. The molecule has 1 amide bonds. The fraction of sp³-hybridized carbons (Fsp3) is 0.615. The van der Waals surface area contributed by atoms with E-state index < -0.39 is 0 Å². The average Bonchev–Trinajstić information content (AvgIpc) is 2.83. The predicted molar refractivity (Wildman–Crippen MR) is 84.3 cm³/mol. The lowest BCUT2D eigenvalue weighted by Gasteiger charge is -2.29. The van der Waals surface area contributed by atoms with E-state index in [1.807, 2.05) is 16.3 Å². The maximum Gasteiger partial charge on any atom is 0.254 e. The van der Waals surface area contributed by atoms with Gasteiger partial charge >= 0.3 is 0 Å². The minimum Gasteiger partial charge on any atom is -0.337 e. The second kappa shape index (κ2) is 6.86. The van der Waals surface area contributed by atoms with Gasteiger partial charge in [0.15, 0.2) is 0 Å². The van der Waals surface area contributed by atoms with E-state index in [0.717, 1.165) is 25.2 Å². The number of piperidine rings is 1. The quantitative estimate of drug-likeness (QED) is 0.818. The molecular formula is C13H19IN2OS. The summed E-state index contributed by atoms with van der Waals surface area (Å²) in [6.45, 7) is 4.76. The molecule has 5 heteroatoms. The number of halogens is 1. The zero-order chi connectivity index (χ0) is 13.0. The van der Waals surface area contributed by atoms with Crippen LogP contribution in [-0.4, -0.2) is 36.5 Å². The van der Waals surface area contributed by atoms with Gasteiger partial charge in [-0.15, -0.1) is 11.3 Å². The monoisotopic (exact) mass is 378 g/mol. The van der Waals surface area contributed by atoms with Crippen molar-refractivity contribution in [2.45, 2.75) is 32.2 Å². The van der Waals surface area contributed by atoms with Gasteiger partial charge in [0.25, 0.3) is 5.91 Å². The molecule has 18 heavy (non-hydrogen) atoms. The van der Waals surface area contributed by atoms with E-state index in [1.54, 1.807) is 11.3 Å². The van der Waals surface area contributed by atoms with Gasteiger partial charge in [0, 0.05) is 24.5 Å². The van der Waals surface area contributed by atoms with E-state index in [0.29, 0.717) is 6.04 Å². The average molecular weight is 378 g/mol. The molecule has 0 spiro atoms. The minimum atomic E-state index is 0.170. The van der Waals surface area contributed by atoms with Crippen LogP contribution in [0.2, 0.25) is 0 Å². The number of likely N-dealkylation sites (N-methyl/N-ethyl adjacent to an activating group) is 1. The van der Waals surface area contributed by atoms with Crippen LogP contribution in [0.15, 0.2) is 11.4 Å². The molecule has 1 fully saturated rings. The molecule has 0 radical (unpaired) electrons. The van der Waals surface area contributed by atoms with Crippen LogP contribution in [0.3, 0.4) is 0 Å². The molecule has 1 N–H and O–H groups in total. The van der Waals surface area contributed by atoms with Gasteiger partial charge in [-0.25, -0.2) is 0 Å². The molecule has 1 aliphatic heterocycles. The summed E-state index contributed by atoms with van der Waals surface area (Å²) in [6, 6.07) is 2.45. The summed E-state index contributed by atoms with van der Waals surface area (Å²) >= 11 is 3.89. The molecule has 0 aromatic carbocycles. The van der Waals surface area contributed by atoms with E-state index >= 15 is 0 Å². The first-order chi connectivity index (χ1) is 8.70. The Hall–Kier alpha value is -0.140. The number of hydrogen-bond acceptors (Lipinski definition) is 3. The molecule has 0 saturated carbocycles. The summed E-state index contributed by atoms with van der Waals surface area (Å²) in [5.74, 6) is 0.170. The van der Waals surface area contributed by atoms with E-state index in [4.69, 9.17) is 0 Å². The van der Waals surface area contributed by atoms with Gasteiger partial charge in [-0.1, -0.05) is 6.42 Å². The first-order valence-corrected chi connectivity index (χ1v) is 8.43. The van der Waals surface area contributed by atoms with E-state index in [2.05, 4.69) is 34.8 Å². The highest BCUT2D eigenvalue weighted by atomic mass is 127. The molecule has 1 aromatic heterocycles. The van der Waals surface area contributed by atoms with E-state index in [9.17, 15) is 4.79 Å². The molecular weight excluding hydrogens is 359 g/mol. The molecule has 0 bridgehead atoms. The van der Waals surface area contributed by atoms with Crippen molar-refractivity contribution in [3.05, 3.63) is 19.9 Å². The summed E-state index contributed by atoms with van der Waals surface area (Å²) in [5.41, 5.74) is 0.835. The molecule has 100 valence electrons. The first kappa shape index (κ1) is 14.3. The molecule has 1 unspecified atom stereocenters. The smallest absolute Gasteiger partial charge is 0.254 e. The van der Waals surface area contributed by atoms with Crippen LogP contribution in [0.5, 0.6) is 0 Å². The Balaban J connectivity index is 1.97. The van der Waals surface area contributed by atoms with Gasteiger partial charge in [0.05, 0.1) is 8.45 Å². The zero-order valence-corrected chi connectivity index (χ0v) is 13.6. The van der Waals surface area contributed by atoms with Crippen LogP contribution < -0.4 is 5.32 Å². The predicted octanol–water partition coefficient (Wildman–Crippen LogP) is 2.96. The van der Waals surface area contributed by atoms with Gasteiger partial charge in [-0.3, -0.25) is 4.79 Å². The Morgan fingerprint density at radius 3 is 3.00 bits per heavy atom. The topological polar surface area (TPSA) is 32.3 Å². The number of carbonyl (C=O) groups excluding carboxylic acids is 1. The summed E-state index contributed by atoms with van der Waals surface area (Å²) < 4.78 is 1.17. The molecule has 1 atom stereocenters. The van der Waals surface area contributed by atoms with Gasteiger partial charge < -0.3 is 10.2 Å². The largest absolute Gasteiger partial charge is 0.337 e. The Morgan fingerprint density at radius 2 is 2.44 bits per heavy atom. The lowest BCUT2D eigenvalue weighted by molar-refractivity contribution is 0.0742. The van der Waals surface area contributed by atoms with E-state index in [-0.39, 0.29) is 5.91 Å². The summed E-state index contributed by atoms with van der Waals surface area (Å²) in [5, 5.41) is 5.46. The van der Waals surface area contributed by atoms with Crippen LogP contribution in [0.1, 0.15) is 36.5 Å². The number of rotatable bonds is 4. The number of hydrogen-bond donors (Lipinski definition) is 1. The lowest BCUT2D eigenvalue weighted by atomic mass is 10.0. The van der Waals surface area contributed by atoms with Crippen molar-refractivity contribution >= 4 is 39.8 Å². The van der Waals surface area contributed by atoms with Crippen molar-refractivity contribution in [1.29, 1.82) is 0 Å². The molecule has 1 saturated heterocycles. The van der Waals surface area contributed by atoms with Gasteiger partial charge in [0.2, 0.25) is 0 Å². The normalized spacial score (nSPS) is 19.8. The minimum absolute atomic E-state index is 0.170. The second-order valence-corrected chi connectivity index (χ2v) is 7.44. The Kier molecular flexibility index (Phi) is 5.44. The van der Waals surface area contributed by atoms with Gasteiger partial charge in [0.1, 0.15) is 0 Å². The Labute approximate surface area is 126 Å². The summed E-state index contributed by atoms with van der Waals surface area (Å²) in [7, 11) is 0. The van der Waals surface area contributed by atoms with Gasteiger partial charge in [-0.05, 0) is 55.0 Å². The van der Waals surface area contributed by atoms with Crippen molar-refractivity contribution in [3.8, 4) is 0 Å². The van der Waals surface area contributed by atoms with Crippen molar-refractivity contribution in [3.63, 3.8) is 0 Å². The first-order valence-electron chi connectivity index (χ1n) is 6.47. The van der Waals surface area contributed by atoms with Crippen LogP contribution in [0, 0.1) is 2.88 Å². The standard InChI is InChI=1S/C13H19IN2OS/c1-2-16(8-11-5-3-4-6-15-11)13(17)10-7-12(14)18-9-10/h7,9,11,15H,2-6,8H2,1H3. The third-order valence-electron chi connectivity index (χ3n) is 3.34. The highest BCUT2D eigenvalue weighted by Crippen LogP contribution is 2.18. The van der Waals surface area contributed by atoms with Crippen LogP contribution in [0.25, 0.3) is 0 Å². The van der Waals surface area contributed by atoms with Crippen LogP contribution in [0.4, 0.5) is 0 Å². The van der Waals surface area contributed by atoms with Crippen LogP contribution in [-0.2, 0) is 0 Å². The SMILES string of the molecule is CCN(CC1CCCCN1)C(=O)c1csc(I)c1. The Morgan fingerprint density at radius 1 is 1.61 bits per heavy atom. The molecule has 1 aromatic rings. The summed E-state index contributed by atoms with van der Waals surface area (Å²) in [6.07, 6.45) is 3.73. The fourth-order valence-corrected chi connectivity index (χ4v) is 3.63. The fourth-order valence-electron chi connectivity index (χ4n) is 2.31. The molecule has 2 rings (SSSR count). The van der Waals surface area contributed by atoms with Crippen molar-refractivity contribution in [1.82, 2.24) is 10.2 Å². The third kappa shape index (κ3) is 3.68. The van der Waals surface area contributed by atoms with Crippen molar-refractivity contribution in [2.24, 2.45) is 0 Å². The molecule has 1 aliphatic rings. The number of nitrogens with zero attached hydrogens (tertiary/aromatic N) is 1. The van der Waals surface area contributed by atoms with Crippen molar-refractivity contribution in [2.75, 3.05) is 19.6 Å². The summed E-state index contributed by atoms with van der Waals surface area (Å²) in [4.78, 5) is 14.3. The maximum atomic E-state index is 12.4. The van der Waals surface area contributed by atoms with Gasteiger partial charge in [-0.2, -0.15) is 0 Å². The number of carbonyl (C=O) groups is 1. The number of nitrogens with one attached hydrogen (secondary N) is 1. The maximum absolute atomic E-state index is 12.4. The molecule has 0 aliphatic carbocycles. The molecule has 2 heterocycles. The second-order valence-electron chi connectivity index (χ2n) is 4.63. The van der Waals surface area contributed by atoms with E-state index in [1.165, 1.54) is 22.1 Å².